The van der Waals surface area contributed by atoms with Gasteiger partial charge in [0.2, 0.25) is 0 Å². The molecule has 0 radical (unpaired) electrons. The Bertz CT molecular complexity index is 356. The second kappa shape index (κ2) is 4.42. The van der Waals surface area contributed by atoms with Crippen LogP contribution in [0, 0.1) is 5.92 Å². The van der Waals surface area contributed by atoms with Crippen molar-refractivity contribution in [2.24, 2.45) is 5.92 Å². The topological polar surface area (TPSA) is 64.1 Å². The van der Waals surface area contributed by atoms with Gasteiger partial charge in [0.1, 0.15) is 0 Å². The third-order valence-electron chi connectivity index (χ3n) is 4.15. The third-order valence-corrected chi connectivity index (χ3v) is 4.15. The predicted molar refractivity (Wildman–Crippen MR) is 64.3 cm³/mol. The SMILES string of the molecule is O=C(O)C1CN(C(=O)N2CCN(C3CC3)CC2)C1. The summed E-state index contributed by atoms with van der Waals surface area (Å²) < 4.78 is 0. The molecule has 3 rings (SSSR count). The van der Waals surface area contributed by atoms with E-state index >= 15 is 0 Å². The van der Waals surface area contributed by atoms with Crippen LogP contribution >= 0.6 is 0 Å². The molecule has 1 N–H and O–H groups in total. The van der Waals surface area contributed by atoms with E-state index in [9.17, 15) is 9.59 Å². The summed E-state index contributed by atoms with van der Waals surface area (Å²) in [5.41, 5.74) is 0. The molecule has 100 valence electrons. The first-order valence-corrected chi connectivity index (χ1v) is 6.66. The highest BCUT2D eigenvalue weighted by atomic mass is 16.4. The Balaban J connectivity index is 1.45. The monoisotopic (exact) mass is 253 g/mol. The highest BCUT2D eigenvalue weighted by Gasteiger charge is 2.39. The molecule has 2 heterocycles. The molecule has 0 aromatic heterocycles. The first kappa shape index (κ1) is 11.8. The molecule has 2 aliphatic heterocycles. The van der Waals surface area contributed by atoms with Crippen molar-refractivity contribution < 1.29 is 14.7 Å². The Morgan fingerprint density at radius 1 is 0.944 bits per heavy atom. The molecule has 0 unspecified atom stereocenters. The molecule has 0 aromatic carbocycles. The van der Waals surface area contributed by atoms with Crippen molar-refractivity contribution in [1.29, 1.82) is 0 Å². The summed E-state index contributed by atoms with van der Waals surface area (Å²) in [6, 6.07) is 0.783. The quantitative estimate of drug-likeness (QED) is 0.746. The number of carbonyl (C=O) groups is 2. The van der Waals surface area contributed by atoms with E-state index in [1.165, 1.54) is 12.8 Å². The highest BCUT2D eigenvalue weighted by molar-refractivity contribution is 5.80. The van der Waals surface area contributed by atoms with E-state index in [4.69, 9.17) is 5.11 Å². The Morgan fingerprint density at radius 2 is 1.56 bits per heavy atom. The van der Waals surface area contributed by atoms with Crippen molar-refractivity contribution in [2.45, 2.75) is 18.9 Å². The number of nitrogens with zero attached hydrogens (tertiary/aromatic N) is 3. The maximum absolute atomic E-state index is 12.1. The van der Waals surface area contributed by atoms with Crippen molar-refractivity contribution in [1.82, 2.24) is 14.7 Å². The summed E-state index contributed by atoms with van der Waals surface area (Å²) in [6.45, 7) is 4.24. The Hall–Kier alpha value is -1.30. The summed E-state index contributed by atoms with van der Waals surface area (Å²) >= 11 is 0. The van der Waals surface area contributed by atoms with E-state index < -0.39 is 5.97 Å². The molecule has 0 spiro atoms. The van der Waals surface area contributed by atoms with Crippen molar-refractivity contribution in [3.63, 3.8) is 0 Å². The number of amides is 2. The van der Waals surface area contributed by atoms with Crippen LogP contribution in [0.25, 0.3) is 0 Å². The number of aliphatic carboxylic acids is 1. The van der Waals surface area contributed by atoms with E-state index in [0.29, 0.717) is 13.1 Å². The van der Waals surface area contributed by atoms with E-state index in [1.807, 2.05) is 4.90 Å². The van der Waals surface area contributed by atoms with Gasteiger partial charge in [-0.25, -0.2) is 4.79 Å². The molecule has 1 aliphatic carbocycles. The van der Waals surface area contributed by atoms with Crippen LogP contribution < -0.4 is 0 Å². The lowest BCUT2D eigenvalue weighted by atomic mass is 10.0. The molecule has 2 saturated heterocycles. The zero-order valence-electron chi connectivity index (χ0n) is 10.4. The van der Waals surface area contributed by atoms with Crippen molar-refractivity contribution in [3.05, 3.63) is 0 Å². The third kappa shape index (κ3) is 2.16. The largest absolute Gasteiger partial charge is 0.481 e. The van der Waals surface area contributed by atoms with E-state index in [1.54, 1.807) is 4.90 Å². The van der Waals surface area contributed by atoms with Crippen molar-refractivity contribution in [3.8, 4) is 0 Å². The number of likely N-dealkylation sites (tertiary alicyclic amines) is 1. The van der Waals surface area contributed by atoms with Crippen LogP contribution in [0.2, 0.25) is 0 Å². The summed E-state index contributed by atoms with van der Waals surface area (Å²) in [6.07, 6.45) is 2.61. The second-order valence-electron chi connectivity index (χ2n) is 5.48. The lowest BCUT2D eigenvalue weighted by Crippen LogP contribution is -2.60. The lowest BCUT2D eigenvalue weighted by Gasteiger charge is -2.42. The molecular formula is C12H19N3O3. The van der Waals surface area contributed by atoms with E-state index in [0.717, 1.165) is 32.2 Å². The number of hydrogen-bond donors (Lipinski definition) is 1. The van der Waals surface area contributed by atoms with Gasteiger partial charge in [-0.2, -0.15) is 0 Å². The standard InChI is InChI=1S/C12H19N3O3/c16-11(17)9-7-15(8-9)12(18)14-5-3-13(4-6-14)10-1-2-10/h9-10H,1-8H2,(H,16,17). The van der Waals surface area contributed by atoms with Crippen LogP contribution in [-0.4, -0.2) is 77.1 Å². The van der Waals surface area contributed by atoms with Gasteiger partial charge in [0, 0.05) is 45.3 Å². The van der Waals surface area contributed by atoms with Crippen LogP contribution in [0.5, 0.6) is 0 Å². The number of carboxylic acids is 1. The predicted octanol–water partition coefficient (Wildman–Crippen LogP) is -0.0972. The van der Waals surface area contributed by atoms with Crippen LogP contribution in [0.15, 0.2) is 0 Å². The van der Waals surface area contributed by atoms with Crippen LogP contribution in [-0.2, 0) is 4.79 Å². The highest BCUT2D eigenvalue weighted by Crippen LogP contribution is 2.28. The minimum absolute atomic E-state index is 0.0166. The average molecular weight is 253 g/mol. The number of rotatable bonds is 2. The number of hydrogen-bond acceptors (Lipinski definition) is 3. The molecule has 6 nitrogen and oxygen atoms in total. The summed E-state index contributed by atoms with van der Waals surface area (Å²) in [7, 11) is 0. The average Bonchev–Trinajstić information content (AvgIpc) is 3.10. The lowest BCUT2D eigenvalue weighted by molar-refractivity contribution is -0.146. The Morgan fingerprint density at radius 3 is 2.06 bits per heavy atom. The van der Waals surface area contributed by atoms with Crippen LogP contribution in [0.1, 0.15) is 12.8 Å². The van der Waals surface area contributed by atoms with Gasteiger partial charge in [-0.05, 0) is 12.8 Å². The van der Waals surface area contributed by atoms with Gasteiger partial charge in [-0.1, -0.05) is 0 Å². The van der Waals surface area contributed by atoms with Gasteiger partial charge in [-0.15, -0.1) is 0 Å². The molecular weight excluding hydrogens is 234 g/mol. The minimum Gasteiger partial charge on any atom is -0.481 e. The van der Waals surface area contributed by atoms with Gasteiger partial charge >= 0.3 is 12.0 Å². The summed E-state index contributed by atoms with van der Waals surface area (Å²) in [5.74, 6) is -1.15. The van der Waals surface area contributed by atoms with Crippen molar-refractivity contribution >= 4 is 12.0 Å². The number of piperazine rings is 1. The van der Waals surface area contributed by atoms with Gasteiger partial charge in [0.05, 0.1) is 5.92 Å². The van der Waals surface area contributed by atoms with Crippen LogP contribution in [0.3, 0.4) is 0 Å². The zero-order chi connectivity index (χ0) is 12.7. The Labute approximate surface area is 106 Å². The first-order chi connectivity index (χ1) is 8.65. The zero-order valence-corrected chi connectivity index (χ0v) is 10.4. The van der Waals surface area contributed by atoms with E-state index in [2.05, 4.69) is 4.90 Å². The van der Waals surface area contributed by atoms with Gasteiger partial charge in [0.25, 0.3) is 0 Å². The van der Waals surface area contributed by atoms with Crippen LogP contribution in [0.4, 0.5) is 4.79 Å². The van der Waals surface area contributed by atoms with E-state index in [-0.39, 0.29) is 11.9 Å². The number of carbonyl (C=O) groups excluding carboxylic acids is 1. The molecule has 3 fully saturated rings. The molecule has 6 heteroatoms. The summed E-state index contributed by atoms with van der Waals surface area (Å²) in [4.78, 5) is 28.7. The maximum atomic E-state index is 12.1. The normalized spacial score (nSPS) is 26.0. The molecule has 1 saturated carbocycles. The molecule has 0 bridgehead atoms. The molecule has 0 aromatic rings. The fourth-order valence-electron chi connectivity index (χ4n) is 2.71. The number of urea groups is 1. The van der Waals surface area contributed by atoms with Gasteiger partial charge in [0.15, 0.2) is 0 Å². The minimum atomic E-state index is -0.794. The Kier molecular flexibility index (Phi) is 2.89. The second-order valence-corrected chi connectivity index (χ2v) is 5.48. The molecule has 2 amide bonds. The van der Waals surface area contributed by atoms with Crippen molar-refractivity contribution in [2.75, 3.05) is 39.3 Å². The van der Waals surface area contributed by atoms with Gasteiger partial charge < -0.3 is 14.9 Å². The number of carboxylic acid groups (broad SMARTS) is 1. The fourth-order valence-corrected chi connectivity index (χ4v) is 2.71. The fraction of sp³-hybridized carbons (Fsp3) is 0.833. The molecule has 0 atom stereocenters. The maximum Gasteiger partial charge on any atom is 0.320 e. The molecule has 18 heavy (non-hydrogen) atoms. The smallest absolute Gasteiger partial charge is 0.320 e. The summed E-state index contributed by atoms with van der Waals surface area (Å²) in [5, 5.41) is 8.79. The van der Waals surface area contributed by atoms with Gasteiger partial charge in [-0.3, -0.25) is 9.69 Å². The molecule has 3 aliphatic rings. The first-order valence-electron chi connectivity index (χ1n) is 6.66.